The number of benzene rings is 1. The largest absolute Gasteiger partial charge is 0.417 e. The summed E-state index contributed by atoms with van der Waals surface area (Å²) in [5.74, 6) is -3.19. The molecule has 0 spiro atoms. The molecule has 0 N–H and O–H groups in total. The summed E-state index contributed by atoms with van der Waals surface area (Å²) in [6, 6.07) is 3.62. The lowest BCUT2D eigenvalue weighted by atomic mass is 10.00. The summed E-state index contributed by atoms with van der Waals surface area (Å²) < 4.78 is 101. The van der Waals surface area contributed by atoms with Gasteiger partial charge in [-0.2, -0.15) is 18.2 Å². The molecule has 4 aromatic rings. The first-order valence-electron chi connectivity index (χ1n) is 14.6. The molecule has 0 unspecified atom stereocenters. The standard InChI is InChI=1S/C31H27F5N6O4S/c1-3-25(43)40-12-13-41(17(2)16-40)28-19-14-22(33)27(26-20(31(34,35)36)8-5-9-21(26)32)38-29(19)42(30(44)39-28)23-15-37-11-10-24(23)47(45,46)18-6-4-7-18/h3,5,8-11,14-15,17-18H,1,4,6-7,12-13,16H2,2H3/t17-/m0/s1. The predicted octanol–water partition coefficient (Wildman–Crippen LogP) is 4.69. The molecule has 1 saturated carbocycles. The Bertz CT molecular complexity index is 2100. The van der Waals surface area contributed by atoms with Gasteiger partial charge in [-0.1, -0.05) is 19.1 Å². The third-order valence-corrected chi connectivity index (χ3v) is 10.9. The molecule has 4 heterocycles. The monoisotopic (exact) mass is 674 g/mol. The lowest BCUT2D eigenvalue weighted by Crippen LogP contribution is -2.54. The van der Waals surface area contributed by atoms with Gasteiger partial charge in [-0.3, -0.25) is 9.78 Å². The van der Waals surface area contributed by atoms with Gasteiger partial charge in [0.25, 0.3) is 0 Å². The van der Waals surface area contributed by atoms with Gasteiger partial charge in [0.15, 0.2) is 21.3 Å². The van der Waals surface area contributed by atoms with Gasteiger partial charge in [-0.25, -0.2) is 31.5 Å². The first-order chi connectivity index (χ1) is 22.2. The van der Waals surface area contributed by atoms with E-state index in [2.05, 4.69) is 21.5 Å². The molecule has 1 aromatic carbocycles. The minimum Gasteiger partial charge on any atom is -0.350 e. The van der Waals surface area contributed by atoms with Crippen molar-refractivity contribution in [2.75, 3.05) is 24.5 Å². The van der Waals surface area contributed by atoms with Crippen molar-refractivity contribution >= 4 is 32.6 Å². The Balaban J connectivity index is 1.66. The van der Waals surface area contributed by atoms with Crippen LogP contribution >= 0.6 is 0 Å². The van der Waals surface area contributed by atoms with Crippen molar-refractivity contribution in [1.82, 2.24) is 24.4 Å². The van der Waals surface area contributed by atoms with Crippen molar-refractivity contribution in [3.05, 3.63) is 83.1 Å². The third kappa shape index (κ3) is 5.53. The molecule has 16 heteroatoms. The van der Waals surface area contributed by atoms with Crippen molar-refractivity contribution < 1.29 is 35.2 Å². The molecular weight excluding hydrogens is 647 g/mol. The highest BCUT2D eigenvalue weighted by Crippen LogP contribution is 2.41. The number of anilines is 1. The molecule has 1 aliphatic heterocycles. The van der Waals surface area contributed by atoms with Gasteiger partial charge in [0.2, 0.25) is 5.91 Å². The maximum atomic E-state index is 16.0. The van der Waals surface area contributed by atoms with Gasteiger partial charge in [0, 0.05) is 31.9 Å². The maximum absolute atomic E-state index is 16.0. The number of rotatable bonds is 6. The van der Waals surface area contributed by atoms with Crippen LogP contribution in [0.4, 0.5) is 27.8 Å². The zero-order valence-corrected chi connectivity index (χ0v) is 25.7. The second-order valence-corrected chi connectivity index (χ2v) is 13.6. The van der Waals surface area contributed by atoms with E-state index in [-0.39, 0.29) is 47.3 Å². The Kier molecular flexibility index (Phi) is 8.10. The minimum atomic E-state index is -5.10. The smallest absolute Gasteiger partial charge is 0.350 e. The molecule has 0 radical (unpaired) electrons. The van der Waals surface area contributed by atoms with Crippen LogP contribution in [0.3, 0.4) is 0 Å². The van der Waals surface area contributed by atoms with E-state index in [0.29, 0.717) is 25.3 Å². The maximum Gasteiger partial charge on any atom is 0.417 e. The fraction of sp³-hybridized carbons (Fsp3) is 0.323. The molecule has 246 valence electrons. The van der Waals surface area contributed by atoms with Gasteiger partial charge in [-0.15, -0.1) is 0 Å². The molecule has 3 aromatic heterocycles. The Morgan fingerprint density at radius 1 is 1.09 bits per heavy atom. The fourth-order valence-electron chi connectivity index (χ4n) is 5.96. The summed E-state index contributed by atoms with van der Waals surface area (Å²) in [6.07, 6.45) is -0.212. The van der Waals surface area contributed by atoms with Gasteiger partial charge in [0.1, 0.15) is 17.3 Å². The average molecular weight is 675 g/mol. The predicted molar refractivity (Wildman–Crippen MR) is 162 cm³/mol. The molecule has 0 bridgehead atoms. The van der Waals surface area contributed by atoms with E-state index in [1.807, 2.05) is 0 Å². The van der Waals surface area contributed by atoms with Gasteiger partial charge < -0.3 is 9.80 Å². The van der Waals surface area contributed by atoms with Crippen molar-refractivity contribution in [3.63, 3.8) is 0 Å². The van der Waals surface area contributed by atoms with Gasteiger partial charge in [0.05, 0.1) is 38.5 Å². The van der Waals surface area contributed by atoms with Crippen molar-refractivity contribution in [2.24, 2.45) is 0 Å². The minimum absolute atomic E-state index is 0.103. The molecule has 1 saturated heterocycles. The summed E-state index contributed by atoms with van der Waals surface area (Å²) >= 11 is 0. The van der Waals surface area contributed by atoms with Crippen LogP contribution in [-0.2, 0) is 20.8 Å². The van der Waals surface area contributed by atoms with Gasteiger partial charge >= 0.3 is 11.9 Å². The highest BCUT2D eigenvalue weighted by Gasteiger charge is 2.38. The van der Waals surface area contributed by atoms with Crippen molar-refractivity contribution in [1.29, 1.82) is 0 Å². The number of piperazine rings is 1. The molecule has 10 nitrogen and oxygen atoms in total. The highest BCUT2D eigenvalue weighted by atomic mass is 32.2. The van der Waals surface area contributed by atoms with E-state index in [4.69, 9.17) is 0 Å². The van der Waals surface area contributed by atoms with Crippen LogP contribution in [0.15, 0.2) is 65.1 Å². The first kappa shape index (κ1) is 32.2. The van der Waals surface area contributed by atoms with Crippen LogP contribution in [-0.4, -0.2) is 69.7 Å². The molecule has 1 aliphatic carbocycles. The van der Waals surface area contributed by atoms with E-state index in [9.17, 15) is 31.2 Å². The summed E-state index contributed by atoms with van der Waals surface area (Å²) in [5.41, 5.74) is -5.58. The number of carbonyl (C=O) groups is 1. The van der Waals surface area contributed by atoms with Crippen molar-refractivity contribution in [2.45, 2.75) is 48.5 Å². The second-order valence-electron chi connectivity index (χ2n) is 11.4. The number of aromatic nitrogens is 4. The quantitative estimate of drug-likeness (QED) is 0.214. The molecule has 2 fully saturated rings. The van der Waals surface area contributed by atoms with Crippen LogP contribution in [0.25, 0.3) is 28.0 Å². The lowest BCUT2D eigenvalue weighted by molar-refractivity contribution is -0.137. The van der Waals surface area contributed by atoms with Crippen LogP contribution in [0.2, 0.25) is 0 Å². The van der Waals surface area contributed by atoms with E-state index < -0.39 is 67.1 Å². The number of fused-ring (bicyclic) bond motifs is 1. The first-order valence-corrected chi connectivity index (χ1v) is 16.1. The van der Waals surface area contributed by atoms with E-state index in [1.54, 1.807) is 11.8 Å². The molecule has 1 atom stereocenters. The topological polar surface area (TPSA) is 118 Å². The van der Waals surface area contributed by atoms with Crippen LogP contribution in [0.1, 0.15) is 31.7 Å². The van der Waals surface area contributed by atoms with Crippen LogP contribution in [0, 0.1) is 11.6 Å². The summed E-state index contributed by atoms with van der Waals surface area (Å²) in [5, 5.41) is -0.899. The van der Waals surface area contributed by atoms with E-state index in [0.717, 1.165) is 35.0 Å². The SMILES string of the molecule is C=CC(=O)N1CCN(c2nc(=O)n(-c3cnccc3S(=O)(=O)C3CCC3)c3nc(-c4c(F)cccc4C(F)(F)F)c(F)cc23)[C@@H](C)C1. The number of hydrogen-bond acceptors (Lipinski definition) is 8. The fourth-order valence-corrected chi connectivity index (χ4v) is 7.96. The summed E-state index contributed by atoms with van der Waals surface area (Å²) in [7, 11) is -4.02. The van der Waals surface area contributed by atoms with Crippen molar-refractivity contribution in [3.8, 4) is 16.9 Å². The van der Waals surface area contributed by atoms with Gasteiger partial charge in [-0.05, 0) is 50.1 Å². The number of sulfone groups is 1. The number of alkyl halides is 3. The Morgan fingerprint density at radius 2 is 1.83 bits per heavy atom. The van der Waals surface area contributed by atoms with E-state index >= 15 is 8.78 Å². The Labute approximate surface area is 265 Å². The summed E-state index contributed by atoms with van der Waals surface area (Å²) in [6.45, 7) is 5.67. The molecule has 47 heavy (non-hydrogen) atoms. The Morgan fingerprint density at radius 3 is 2.47 bits per heavy atom. The average Bonchev–Trinajstić information content (AvgIpc) is 2.99. The number of amides is 1. The zero-order chi connectivity index (χ0) is 33.8. The Hall–Kier alpha value is -4.73. The number of hydrogen-bond donors (Lipinski definition) is 0. The zero-order valence-electron chi connectivity index (χ0n) is 24.8. The number of halogens is 5. The normalized spacial score (nSPS) is 17.5. The molecular formula is C31H27F5N6O4S. The molecule has 6 rings (SSSR count). The second kappa shape index (κ2) is 11.8. The van der Waals surface area contributed by atoms with E-state index in [1.165, 1.54) is 17.2 Å². The molecule has 2 aliphatic rings. The van der Waals surface area contributed by atoms with Crippen LogP contribution in [0.5, 0.6) is 0 Å². The third-order valence-electron chi connectivity index (χ3n) is 8.54. The lowest BCUT2D eigenvalue weighted by Gasteiger charge is -2.40. The number of nitrogens with zero attached hydrogens (tertiary/aromatic N) is 6. The highest BCUT2D eigenvalue weighted by molar-refractivity contribution is 7.92. The van der Waals surface area contributed by atoms with Crippen LogP contribution < -0.4 is 10.6 Å². The number of pyridine rings is 2. The number of carbonyl (C=O) groups excluding carboxylic acids is 1. The summed E-state index contributed by atoms with van der Waals surface area (Å²) in [4.78, 5) is 41.3. The molecule has 1 amide bonds.